The van der Waals surface area contributed by atoms with Gasteiger partial charge in [-0.3, -0.25) is 4.99 Å². The van der Waals surface area contributed by atoms with Crippen LogP contribution in [0.2, 0.25) is 0 Å². The van der Waals surface area contributed by atoms with Crippen LogP contribution in [0.25, 0.3) is 0 Å². The smallest absolute Gasteiger partial charge is 0.0776 e. The quantitative estimate of drug-likeness (QED) is 0.468. The van der Waals surface area contributed by atoms with Crippen molar-refractivity contribution in [1.29, 1.82) is 0 Å². The van der Waals surface area contributed by atoms with E-state index in [0.29, 0.717) is 0 Å². The lowest BCUT2D eigenvalue weighted by molar-refractivity contribution is 0.500. The zero-order valence-corrected chi connectivity index (χ0v) is 13.3. The van der Waals surface area contributed by atoms with Crippen LogP contribution < -0.4 is 0 Å². The molecule has 0 unspecified atom stereocenters. The second-order valence-electron chi connectivity index (χ2n) is 6.33. The first-order valence-corrected chi connectivity index (χ1v) is 6.94. The fourth-order valence-corrected chi connectivity index (χ4v) is 1.68. The third-order valence-electron chi connectivity index (χ3n) is 2.51. The lowest BCUT2D eigenvalue weighted by Crippen LogP contribution is -2.10. The number of thioether (sulfide) groups is 1. The summed E-state index contributed by atoms with van der Waals surface area (Å²) in [5.41, 5.74) is 1.08. The first kappa shape index (κ1) is 16.5. The minimum atomic E-state index is 0.0318. The zero-order valence-electron chi connectivity index (χ0n) is 12.5. The van der Waals surface area contributed by atoms with Crippen LogP contribution in [-0.4, -0.2) is 5.04 Å². The molecule has 98 valence electrons. The molecule has 2 heteroatoms. The Morgan fingerprint density at radius 3 is 1.76 bits per heavy atom. The summed E-state index contributed by atoms with van der Waals surface area (Å²) >= 11 is 1.69. The van der Waals surface area contributed by atoms with Crippen molar-refractivity contribution in [2.45, 2.75) is 54.9 Å². The van der Waals surface area contributed by atoms with Gasteiger partial charge in [0.2, 0.25) is 0 Å². The fourth-order valence-electron chi connectivity index (χ4n) is 0.788. The van der Waals surface area contributed by atoms with Crippen molar-refractivity contribution in [3.05, 3.63) is 23.8 Å². The minimum Gasteiger partial charge on any atom is -0.251 e. The van der Waals surface area contributed by atoms with Gasteiger partial charge < -0.3 is 0 Å². The van der Waals surface area contributed by atoms with Crippen molar-refractivity contribution in [3.8, 4) is 0 Å². The molecule has 0 bridgehead atoms. The first-order valence-electron chi connectivity index (χ1n) is 6.12. The largest absolute Gasteiger partial charge is 0.251 e. The van der Waals surface area contributed by atoms with Crippen molar-refractivity contribution < 1.29 is 0 Å². The van der Waals surface area contributed by atoms with E-state index in [1.165, 1.54) is 0 Å². The van der Waals surface area contributed by atoms with Crippen molar-refractivity contribution in [1.82, 2.24) is 0 Å². The predicted octanol–water partition coefficient (Wildman–Crippen LogP) is 5.65. The minimum absolute atomic E-state index is 0.0318. The van der Waals surface area contributed by atoms with Crippen LogP contribution in [-0.2, 0) is 0 Å². The van der Waals surface area contributed by atoms with Gasteiger partial charge in [-0.1, -0.05) is 73.4 Å². The van der Waals surface area contributed by atoms with E-state index in [1.807, 2.05) is 0 Å². The van der Waals surface area contributed by atoms with Crippen LogP contribution >= 0.6 is 11.8 Å². The van der Waals surface area contributed by atoms with Crippen molar-refractivity contribution in [2.24, 2.45) is 15.8 Å². The molecule has 0 aliphatic rings. The Morgan fingerprint density at radius 2 is 1.47 bits per heavy atom. The van der Waals surface area contributed by atoms with E-state index in [4.69, 9.17) is 0 Å². The first-order chi connectivity index (χ1) is 7.48. The Balaban J connectivity index is 4.83. The van der Waals surface area contributed by atoms with Gasteiger partial charge in [-0.25, -0.2) is 0 Å². The molecule has 0 atom stereocenters. The molecular weight excluding hydrogens is 226 g/mol. The van der Waals surface area contributed by atoms with E-state index in [2.05, 4.69) is 66.6 Å². The summed E-state index contributed by atoms with van der Waals surface area (Å²) in [5, 5.41) is 1.10. The average molecular weight is 253 g/mol. The summed E-state index contributed by atoms with van der Waals surface area (Å²) in [7, 11) is 0. The molecular formula is C15H27NS. The van der Waals surface area contributed by atoms with E-state index in [9.17, 15) is 0 Å². The van der Waals surface area contributed by atoms with Crippen LogP contribution in [0.15, 0.2) is 28.8 Å². The van der Waals surface area contributed by atoms with Gasteiger partial charge in [-0.15, -0.1) is 0 Å². The molecule has 0 radical (unpaired) electrons. The van der Waals surface area contributed by atoms with Gasteiger partial charge >= 0.3 is 0 Å². The highest BCUT2D eigenvalue weighted by molar-refractivity contribution is 8.17. The highest BCUT2D eigenvalue weighted by Crippen LogP contribution is 2.35. The topological polar surface area (TPSA) is 12.4 Å². The third-order valence-corrected chi connectivity index (χ3v) is 3.98. The number of hydrogen-bond donors (Lipinski definition) is 0. The molecule has 0 fully saturated rings. The van der Waals surface area contributed by atoms with E-state index in [0.717, 1.165) is 22.1 Å². The van der Waals surface area contributed by atoms with Crippen LogP contribution in [0, 0.1) is 10.8 Å². The summed E-state index contributed by atoms with van der Waals surface area (Å²) in [6.45, 7) is 23.2. The maximum absolute atomic E-state index is 4.64. The molecule has 0 aromatic heterocycles. The SMILES string of the molecule is C=C(N=C(CC)SC(=C)C(C)(C)C)C(C)(C)C. The van der Waals surface area contributed by atoms with Crippen LogP contribution in [0.5, 0.6) is 0 Å². The molecule has 17 heavy (non-hydrogen) atoms. The van der Waals surface area contributed by atoms with Crippen molar-refractivity contribution in [3.63, 3.8) is 0 Å². The summed E-state index contributed by atoms with van der Waals surface area (Å²) in [6, 6.07) is 0. The highest BCUT2D eigenvalue weighted by Gasteiger charge is 2.19. The molecule has 0 heterocycles. The van der Waals surface area contributed by atoms with Gasteiger partial charge in [0.25, 0.3) is 0 Å². The van der Waals surface area contributed by atoms with E-state index >= 15 is 0 Å². The number of nitrogens with zero attached hydrogens (tertiary/aromatic N) is 1. The molecule has 0 aromatic rings. The Kier molecular flexibility index (Phi) is 5.73. The molecule has 0 saturated carbocycles. The van der Waals surface area contributed by atoms with E-state index < -0.39 is 0 Å². The number of rotatable bonds is 3. The molecule has 0 aliphatic carbocycles. The van der Waals surface area contributed by atoms with Crippen molar-refractivity contribution >= 4 is 16.8 Å². The molecule has 0 spiro atoms. The van der Waals surface area contributed by atoms with Gasteiger partial charge in [0.1, 0.15) is 0 Å². The van der Waals surface area contributed by atoms with Gasteiger partial charge in [0.15, 0.2) is 0 Å². The lowest BCUT2D eigenvalue weighted by atomic mass is 9.93. The van der Waals surface area contributed by atoms with Crippen LogP contribution in [0.1, 0.15) is 54.9 Å². The average Bonchev–Trinajstić information content (AvgIpc) is 2.13. The molecule has 0 aromatic carbocycles. The van der Waals surface area contributed by atoms with Gasteiger partial charge in [0.05, 0.1) is 5.04 Å². The Bertz CT molecular complexity index is 324. The number of hydrogen-bond acceptors (Lipinski definition) is 2. The summed E-state index contributed by atoms with van der Waals surface area (Å²) in [4.78, 5) is 5.80. The fraction of sp³-hybridized carbons (Fsp3) is 0.667. The number of aliphatic imine (C=N–C) groups is 1. The normalized spacial score (nSPS) is 13.7. The molecule has 0 amide bonds. The van der Waals surface area contributed by atoms with E-state index in [-0.39, 0.29) is 10.8 Å². The summed E-state index contributed by atoms with van der Waals surface area (Å²) in [5.74, 6) is 0. The monoisotopic (exact) mass is 253 g/mol. The second-order valence-corrected chi connectivity index (χ2v) is 7.50. The Morgan fingerprint density at radius 1 is 1.00 bits per heavy atom. The summed E-state index contributed by atoms with van der Waals surface area (Å²) < 4.78 is 0. The van der Waals surface area contributed by atoms with Crippen LogP contribution in [0.3, 0.4) is 0 Å². The second kappa shape index (κ2) is 5.90. The van der Waals surface area contributed by atoms with Gasteiger partial charge in [0, 0.05) is 11.1 Å². The molecule has 0 saturated heterocycles. The third kappa shape index (κ3) is 6.11. The Labute approximate surface area is 111 Å². The molecule has 0 rings (SSSR count). The number of allylic oxidation sites excluding steroid dienone is 2. The maximum Gasteiger partial charge on any atom is 0.0776 e. The van der Waals surface area contributed by atoms with Gasteiger partial charge in [-0.2, -0.15) is 0 Å². The molecule has 1 nitrogen and oxygen atoms in total. The summed E-state index contributed by atoms with van der Waals surface area (Å²) in [6.07, 6.45) is 0.925. The standard InChI is InChI=1S/C15H27NS/c1-10-13(16-11(2)14(4,5)6)17-12(3)15(7,8)9/h2-3,10H2,1,4-9H3. The molecule has 0 aliphatic heterocycles. The lowest BCUT2D eigenvalue weighted by Gasteiger charge is -2.23. The zero-order chi connectivity index (χ0) is 13.9. The van der Waals surface area contributed by atoms with Crippen molar-refractivity contribution in [2.75, 3.05) is 0 Å². The highest BCUT2D eigenvalue weighted by atomic mass is 32.2. The van der Waals surface area contributed by atoms with E-state index in [1.54, 1.807) is 11.8 Å². The van der Waals surface area contributed by atoms with Gasteiger partial charge in [-0.05, 0) is 16.7 Å². The maximum atomic E-state index is 4.64. The molecule has 0 N–H and O–H groups in total. The van der Waals surface area contributed by atoms with Crippen LogP contribution in [0.4, 0.5) is 0 Å². The Hall–Kier alpha value is -0.500. The predicted molar refractivity (Wildman–Crippen MR) is 82.5 cm³/mol.